The Kier molecular flexibility index (Phi) is 3.77. The minimum absolute atomic E-state index is 0.00707. The van der Waals surface area contributed by atoms with E-state index in [0.717, 1.165) is 0 Å². The number of aromatic nitrogens is 1. The Morgan fingerprint density at radius 3 is 2.48 bits per heavy atom. The zero-order valence-electron chi connectivity index (χ0n) is 12.7. The number of fused-ring (bicyclic) bond motifs is 1. The number of allylic oxidation sites excluding steroid dienone is 3. The molecule has 0 spiro atoms. The lowest BCUT2D eigenvalue weighted by Gasteiger charge is -2.12. The van der Waals surface area contributed by atoms with E-state index in [-0.39, 0.29) is 16.9 Å². The van der Waals surface area contributed by atoms with Gasteiger partial charge in [0.15, 0.2) is 0 Å². The molecule has 1 aromatic rings. The van der Waals surface area contributed by atoms with E-state index >= 15 is 0 Å². The molecule has 0 aromatic carbocycles. The molecular formula is C16H18N2O3. The highest BCUT2D eigenvalue weighted by molar-refractivity contribution is 6.78. The molecule has 1 aliphatic carbocycles. The largest absolute Gasteiger partial charge is 0.436 e. The minimum Gasteiger partial charge on any atom is -0.436 e. The lowest BCUT2D eigenvalue weighted by Crippen LogP contribution is -2.30. The quantitative estimate of drug-likeness (QED) is 0.619. The fourth-order valence-electron chi connectivity index (χ4n) is 2.04. The van der Waals surface area contributed by atoms with Gasteiger partial charge in [0.25, 0.3) is 11.6 Å². The first kappa shape index (κ1) is 15.1. The molecule has 1 aromatic heterocycles. The summed E-state index contributed by atoms with van der Waals surface area (Å²) in [5.74, 6) is -0.913. The van der Waals surface area contributed by atoms with Gasteiger partial charge in [0.1, 0.15) is 11.4 Å². The Balaban J connectivity index is 2.70. The van der Waals surface area contributed by atoms with Crippen LogP contribution in [0.25, 0.3) is 5.57 Å². The van der Waals surface area contributed by atoms with E-state index in [0.29, 0.717) is 23.6 Å². The first-order chi connectivity index (χ1) is 9.81. The first-order valence-corrected chi connectivity index (χ1v) is 6.70. The van der Waals surface area contributed by atoms with E-state index < -0.39 is 11.6 Å². The van der Waals surface area contributed by atoms with Gasteiger partial charge in [-0.25, -0.2) is 4.98 Å². The average Bonchev–Trinajstić information content (AvgIpc) is 2.86. The molecule has 0 saturated carbocycles. The molecule has 0 N–H and O–H groups in total. The van der Waals surface area contributed by atoms with Crippen molar-refractivity contribution in [2.24, 2.45) is 4.99 Å². The SMILES string of the molecule is C=CC/C=C1\C(=N/C)C(=O)C(=O)c2oc(C(C)(C)C)nc21. The average molecular weight is 286 g/mol. The summed E-state index contributed by atoms with van der Waals surface area (Å²) in [5.41, 5.74) is 0.708. The van der Waals surface area contributed by atoms with Crippen LogP contribution >= 0.6 is 0 Å². The van der Waals surface area contributed by atoms with Crippen molar-refractivity contribution in [3.05, 3.63) is 36.1 Å². The Morgan fingerprint density at radius 1 is 1.29 bits per heavy atom. The lowest BCUT2D eigenvalue weighted by molar-refractivity contribution is -0.109. The van der Waals surface area contributed by atoms with Crippen molar-refractivity contribution in [3.63, 3.8) is 0 Å². The number of oxazole rings is 1. The monoisotopic (exact) mass is 286 g/mol. The standard InChI is InChI=1S/C16H18N2O3/c1-6-7-8-9-10(17-5)12(19)13(20)14-11(9)18-15(21-14)16(2,3)4/h6,8H,1,7H2,2-5H3/b9-8+,17-10+. The smallest absolute Gasteiger partial charge is 0.272 e. The maximum Gasteiger partial charge on any atom is 0.272 e. The van der Waals surface area contributed by atoms with Gasteiger partial charge in [0.2, 0.25) is 11.7 Å². The minimum atomic E-state index is -0.690. The topological polar surface area (TPSA) is 72.5 Å². The van der Waals surface area contributed by atoms with Crippen molar-refractivity contribution >= 4 is 22.9 Å². The van der Waals surface area contributed by atoms with E-state index in [1.54, 1.807) is 12.2 Å². The van der Waals surface area contributed by atoms with Crippen LogP contribution in [0.4, 0.5) is 0 Å². The second-order valence-corrected chi connectivity index (χ2v) is 5.82. The molecule has 21 heavy (non-hydrogen) atoms. The molecule has 0 bridgehead atoms. The molecule has 5 heteroatoms. The molecule has 0 unspecified atom stereocenters. The molecule has 2 rings (SSSR count). The molecule has 0 aliphatic heterocycles. The maximum absolute atomic E-state index is 12.1. The number of ketones is 2. The van der Waals surface area contributed by atoms with Gasteiger partial charge in [0.05, 0.1) is 0 Å². The first-order valence-electron chi connectivity index (χ1n) is 6.70. The van der Waals surface area contributed by atoms with Gasteiger partial charge in [-0.3, -0.25) is 14.6 Å². The van der Waals surface area contributed by atoms with E-state index in [1.165, 1.54) is 7.05 Å². The fourth-order valence-corrected chi connectivity index (χ4v) is 2.04. The van der Waals surface area contributed by atoms with Crippen molar-refractivity contribution < 1.29 is 14.0 Å². The van der Waals surface area contributed by atoms with Crippen molar-refractivity contribution in [2.45, 2.75) is 32.6 Å². The van der Waals surface area contributed by atoms with Gasteiger partial charge in [-0.2, -0.15) is 0 Å². The number of carbonyl (C=O) groups excluding carboxylic acids is 2. The van der Waals surface area contributed by atoms with E-state index in [9.17, 15) is 9.59 Å². The molecule has 0 atom stereocenters. The highest BCUT2D eigenvalue weighted by Gasteiger charge is 2.40. The molecule has 0 radical (unpaired) electrons. The summed E-state index contributed by atoms with van der Waals surface area (Å²) in [6.45, 7) is 9.44. The Hall–Kier alpha value is -2.30. The van der Waals surface area contributed by atoms with Gasteiger partial charge in [-0.15, -0.1) is 6.58 Å². The molecule has 110 valence electrons. The summed E-state index contributed by atoms with van der Waals surface area (Å²) in [4.78, 5) is 32.6. The Bertz CT molecular complexity index is 685. The number of carbonyl (C=O) groups is 2. The molecule has 0 fully saturated rings. The third-order valence-electron chi connectivity index (χ3n) is 3.12. The van der Waals surface area contributed by atoms with Gasteiger partial charge in [-0.1, -0.05) is 32.9 Å². The number of hydrogen-bond donors (Lipinski definition) is 0. The van der Waals surface area contributed by atoms with Gasteiger partial charge in [0, 0.05) is 18.0 Å². The summed E-state index contributed by atoms with van der Waals surface area (Å²) in [5, 5.41) is 0. The lowest BCUT2D eigenvalue weighted by atomic mass is 9.91. The van der Waals surface area contributed by atoms with Gasteiger partial charge < -0.3 is 4.42 Å². The third-order valence-corrected chi connectivity index (χ3v) is 3.12. The zero-order valence-corrected chi connectivity index (χ0v) is 12.7. The third kappa shape index (κ3) is 2.51. The zero-order chi connectivity index (χ0) is 15.8. The van der Waals surface area contributed by atoms with Crippen LogP contribution in [-0.2, 0) is 10.2 Å². The number of rotatable bonds is 2. The van der Waals surface area contributed by atoms with Crippen molar-refractivity contribution in [3.8, 4) is 0 Å². The van der Waals surface area contributed by atoms with Crippen molar-refractivity contribution in [1.29, 1.82) is 0 Å². The second-order valence-electron chi connectivity index (χ2n) is 5.82. The normalized spacial score (nSPS) is 19.2. The molecule has 0 amide bonds. The predicted molar refractivity (Wildman–Crippen MR) is 80.7 cm³/mol. The fraction of sp³-hybridized carbons (Fsp3) is 0.375. The maximum atomic E-state index is 12.1. The molecule has 1 heterocycles. The summed E-state index contributed by atoms with van der Waals surface area (Å²) in [7, 11) is 1.48. The van der Waals surface area contributed by atoms with Gasteiger partial charge >= 0.3 is 0 Å². The number of nitrogens with zero attached hydrogens (tertiary/aromatic N) is 2. The molecule has 5 nitrogen and oxygen atoms in total. The summed E-state index contributed by atoms with van der Waals surface area (Å²) in [6, 6.07) is 0. The second kappa shape index (κ2) is 5.24. The van der Waals surface area contributed by atoms with Crippen LogP contribution in [0, 0.1) is 0 Å². The Morgan fingerprint density at radius 2 is 1.95 bits per heavy atom. The summed E-state index contributed by atoms with van der Waals surface area (Å²) < 4.78 is 5.55. The number of aliphatic imine (C=N–C) groups is 1. The van der Waals surface area contributed by atoms with Crippen molar-refractivity contribution in [2.75, 3.05) is 7.05 Å². The van der Waals surface area contributed by atoms with Crippen LogP contribution in [0.2, 0.25) is 0 Å². The molecule has 0 saturated heterocycles. The van der Waals surface area contributed by atoms with Crippen molar-refractivity contribution in [1.82, 2.24) is 4.98 Å². The predicted octanol–water partition coefficient (Wildman–Crippen LogP) is 2.77. The highest BCUT2D eigenvalue weighted by atomic mass is 16.4. The number of hydrogen-bond acceptors (Lipinski definition) is 5. The highest BCUT2D eigenvalue weighted by Crippen LogP contribution is 2.32. The van der Waals surface area contributed by atoms with E-state index in [2.05, 4.69) is 16.6 Å². The molecular weight excluding hydrogens is 268 g/mol. The van der Waals surface area contributed by atoms with E-state index in [1.807, 2.05) is 20.8 Å². The van der Waals surface area contributed by atoms with Crippen LogP contribution in [-0.4, -0.2) is 29.3 Å². The molecule has 1 aliphatic rings. The van der Waals surface area contributed by atoms with E-state index in [4.69, 9.17) is 4.42 Å². The van der Waals surface area contributed by atoms with Crippen LogP contribution in [0.1, 0.15) is 49.3 Å². The van der Waals surface area contributed by atoms with Crippen LogP contribution in [0.5, 0.6) is 0 Å². The van der Waals surface area contributed by atoms with Crippen LogP contribution in [0.15, 0.2) is 28.1 Å². The van der Waals surface area contributed by atoms with Crippen LogP contribution in [0.3, 0.4) is 0 Å². The van der Waals surface area contributed by atoms with Crippen LogP contribution < -0.4 is 0 Å². The summed E-state index contributed by atoms with van der Waals surface area (Å²) >= 11 is 0. The summed E-state index contributed by atoms with van der Waals surface area (Å²) in [6.07, 6.45) is 4.03. The number of Topliss-reactive ketones (excluding diaryl/α,β-unsaturated/α-hetero) is 2. The van der Waals surface area contributed by atoms with Gasteiger partial charge in [-0.05, 0) is 6.42 Å². The Labute approximate surface area is 123 Å².